The summed E-state index contributed by atoms with van der Waals surface area (Å²) in [6, 6.07) is 2.13. The zero-order chi connectivity index (χ0) is 16.4. The lowest BCUT2D eigenvalue weighted by atomic mass is 9.87. The summed E-state index contributed by atoms with van der Waals surface area (Å²) < 4.78 is 8.07. The molecule has 2 aromatic rings. The molecule has 4 rings (SSSR count). The van der Waals surface area contributed by atoms with Crippen LogP contribution in [0.2, 0.25) is 0 Å². The molecule has 0 radical (unpaired) electrons. The molecule has 0 amide bonds. The molecule has 1 atom stereocenters. The topological polar surface area (TPSA) is 68.1 Å². The van der Waals surface area contributed by atoms with Crippen molar-refractivity contribution in [3.63, 3.8) is 0 Å². The van der Waals surface area contributed by atoms with E-state index in [2.05, 4.69) is 31.5 Å². The minimum Gasteiger partial charge on any atom is -0.373 e. The Kier molecular flexibility index (Phi) is 4.20. The number of ether oxygens (including phenoxy) is 1. The lowest BCUT2D eigenvalue weighted by molar-refractivity contribution is -0.0448. The highest BCUT2D eigenvalue weighted by molar-refractivity contribution is 5.25. The lowest BCUT2D eigenvalue weighted by Crippen LogP contribution is -2.44. The third-order valence-electron chi connectivity index (χ3n) is 5.04. The standard InChI is InChI=1S/C17H24N6O/c1-22-11-14(10-20-22)12-23-7-3-17(4-8-23)9-15(13-24-17)21-16-18-5-2-6-19-16/h2,5-6,10-11,15H,3-4,7-9,12-13H2,1H3,(H,18,19,21). The molecule has 2 aliphatic rings. The van der Waals surface area contributed by atoms with Gasteiger partial charge in [-0.25, -0.2) is 9.97 Å². The molecule has 7 nitrogen and oxygen atoms in total. The van der Waals surface area contributed by atoms with Crippen molar-refractivity contribution in [3.8, 4) is 0 Å². The monoisotopic (exact) mass is 328 g/mol. The summed E-state index contributed by atoms with van der Waals surface area (Å²) >= 11 is 0. The number of aryl methyl sites for hydroxylation is 1. The van der Waals surface area contributed by atoms with E-state index < -0.39 is 0 Å². The van der Waals surface area contributed by atoms with Crippen LogP contribution in [-0.2, 0) is 18.3 Å². The van der Waals surface area contributed by atoms with E-state index in [-0.39, 0.29) is 5.60 Å². The van der Waals surface area contributed by atoms with Gasteiger partial charge in [0, 0.05) is 50.8 Å². The second-order valence-corrected chi connectivity index (χ2v) is 6.91. The molecule has 1 spiro atoms. The Bertz CT molecular complexity index is 665. The van der Waals surface area contributed by atoms with Crippen molar-refractivity contribution in [1.29, 1.82) is 0 Å². The molecule has 1 unspecified atom stereocenters. The van der Waals surface area contributed by atoms with Gasteiger partial charge in [-0.15, -0.1) is 0 Å². The van der Waals surface area contributed by atoms with Gasteiger partial charge in [0.25, 0.3) is 0 Å². The average Bonchev–Trinajstić information content (AvgIpc) is 3.18. The molecule has 128 valence electrons. The number of rotatable bonds is 4. The van der Waals surface area contributed by atoms with Gasteiger partial charge in [-0.05, 0) is 25.3 Å². The first-order valence-corrected chi connectivity index (χ1v) is 8.58. The Morgan fingerprint density at radius 1 is 1.29 bits per heavy atom. The molecular formula is C17H24N6O. The number of aromatic nitrogens is 4. The normalized spacial score (nSPS) is 23.6. The Morgan fingerprint density at radius 2 is 2.08 bits per heavy atom. The Morgan fingerprint density at radius 3 is 2.79 bits per heavy atom. The summed E-state index contributed by atoms with van der Waals surface area (Å²) in [6.07, 6.45) is 10.8. The van der Waals surface area contributed by atoms with Crippen LogP contribution in [0.1, 0.15) is 24.8 Å². The Balaban J connectivity index is 1.29. The highest BCUT2D eigenvalue weighted by atomic mass is 16.5. The summed E-state index contributed by atoms with van der Waals surface area (Å²) in [6.45, 7) is 3.86. The van der Waals surface area contributed by atoms with E-state index in [4.69, 9.17) is 4.74 Å². The van der Waals surface area contributed by atoms with Gasteiger partial charge < -0.3 is 10.1 Å². The third-order valence-corrected chi connectivity index (χ3v) is 5.04. The number of anilines is 1. The summed E-state index contributed by atoms with van der Waals surface area (Å²) in [5, 5.41) is 7.64. The highest BCUT2D eigenvalue weighted by Crippen LogP contribution is 2.36. The SMILES string of the molecule is Cn1cc(CN2CCC3(CC2)CC(Nc2ncccn2)CO3)cn1. The molecule has 4 heterocycles. The van der Waals surface area contributed by atoms with E-state index >= 15 is 0 Å². The average molecular weight is 328 g/mol. The van der Waals surface area contributed by atoms with Gasteiger partial charge >= 0.3 is 0 Å². The molecule has 1 N–H and O–H groups in total. The van der Waals surface area contributed by atoms with Gasteiger partial charge in [0.1, 0.15) is 0 Å². The molecule has 0 saturated carbocycles. The first-order valence-electron chi connectivity index (χ1n) is 8.58. The van der Waals surface area contributed by atoms with Crippen LogP contribution in [0, 0.1) is 0 Å². The van der Waals surface area contributed by atoms with E-state index in [1.807, 2.05) is 24.0 Å². The summed E-state index contributed by atoms with van der Waals surface area (Å²) in [5.41, 5.74) is 1.30. The third kappa shape index (κ3) is 3.42. The molecule has 0 aromatic carbocycles. The number of hydrogen-bond acceptors (Lipinski definition) is 6. The van der Waals surface area contributed by atoms with Gasteiger partial charge in [0.05, 0.1) is 24.4 Å². The Hall–Kier alpha value is -1.99. The van der Waals surface area contributed by atoms with Gasteiger partial charge in [0.2, 0.25) is 5.95 Å². The van der Waals surface area contributed by atoms with E-state index in [9.17, 15) is 0 Å². The van der Waals surface area contributed by atoms with Crippen LogP contribution in [0.15, 0.2) is 30.9 Å². The van der Waals surface area contributed by atoms with Crippen molar-refractivity contribution in [1.82, 2.24) is 24.6 Å². The first kappa shape index (κ1) is 15.5. The van der Waals surface area contributed by atoms with Crippen molar-refractivity contribution >= 4 is 5.95 Å². The maximum Gasteiger partial charge on any atom is 0.222 e. The van der Waals surface area contributed by atoms with Gasteiger partial charge in [-0.3, -0.25) is 9.58 Å². The first-order chi connectivity index (χ1) is 11.7. The molecule has 24 heavy (non-hydrogen) atoms. The zero-order valence-corrected chi connectivity index (χ0v) is 14.1. The molecule has 7 heteroatoms. The molecular weight excluding hydrogens is 304 g/mol. The second kappa shape index (κ2) is 6.49. The quantitative estimate of drug-likeness (QED) is 0.916. The Labute approximate surface area is 142 Å². The minimum absolute atomic E-state index is 0.0257. The summed E-state index contributed by atoms with van der Waals surface area (Å²) in [4.78, 5) is 11.0. The fourth-order valence-corrected chi connectivity index (χ4v) is 3.77. The van der Waals surface area contributed by atoms with Crippen molar-refractivity contribution in [2.45, 2.75) is 37.5 Å². The fraction of sp³-hybridized carbons (Fsp3) is 0.588. The van der Waals surface area contributed by atoms with Crippen molar-refractivity contribution in [3.05, 3.63) is 36.4 Å². The van der Waals surface area contributed by atoms with Crippen LogP contribution in [0.25, 0.3) is 0 Å². The smallest absolute Gasteiger partial charge is 0.222 e. The van der Waals surface area contributed by atoms with E-state index in [1.54, 1.807) is 12.4 Å². The molecule has 2 saturated heterocycles. The van der Waals surface area contributed by atoms with Crippen molar-refractivity contribution < 1.29 is 4.74 Å². The molecule has 2 fully saturated rings. The van der Waals surface area contributed by atoms with Crippen LogP contribution < -0.4 is 5.32 Å². The van der Waals surface area contributed by atoms with E-state index in [1.165, 1.54) is 5.56 Å². The molecule has 0 aliphatic carbocycles. The fourth-order valence-electron chi connectivity index (χ4n) is 3.77. The maximum absolute atomic E-state index is 6.21. The van der Waals surface area contributed by atoms with Crippen LogP contribution in [-0.4, -0.2) is 56.0 Å². The van der Waals surface area contributed by atoms with E-state index in [0.29, 0.717) is 12.0 Å². The number of hydrogen-bond donors (Lipinski definition) is 1. The van der Waals surface area contributed by atoms with Crippen LogP contribution in [0.4, 0.5) is 5.95 Å². The van der Waals surface area contributed by atoms with Crippen LogP contribution >= 0.6 is 0 Å². The van der Waals surface area contributed by atoms with Gasteiger partial charge in [-0.1, -0.05) is 0 Å². The number of nitrogens with one attached hydrogen (secondary N) is 1. The molecule has 0 bridgehead atoms. The predicted molar refractivity (Wildman–Crippen MR) is 90.5 cm³/mol. The second-order valence-electron chi connectivity index (χ2n) is 6.91. The van der Waals surface area contributed by atoms with Crippen LogP contribution in [0.5, 0.6) is 0 Å². The number of likely N-dealkylation sites (tertiary alicyclic amines) is 1. The molecule has 2 aliphatic heterocycles. The van der Waals surface area contributed by atoms with Crippen molar-refractivity contribution in [2.24, 2.45) is 7.05 Å². The van der Waals surface area contributed by atoms with Gasteiger partial charge in [-0.2, -0.15) is 5.10 Å². The lowest BCUT2D eigenvalue weighted by Gasteiger charge is -2.38. The van der Waals surface area contributed by atoms with Gasteiger partial charge in [0.15, 0.2) is 0 Å². The highest BCUT2D eigenvalue weighted by Gasteiger charge is 2.42. The predicted octanol–water partition coefficient (Wildman–Crippen LogP) is 1.45. The number of nitrogens with zero attached hydrogens (tertiary/aromatic N) is 5. The van der Waals surface area contributed by atoms with E-state index in [0.717, 1.165) is 45.5 Å². The van der Waals surface area contributed by atoms with Crippen molar-refractivity contribution in [2.75, 3.05) is 25.0 Å². The summed E-state index contributed by atoms with van der Waals surface area (Å²) in [7, 11) is 1.96. The largest absolute Gasteiger partial charge is 0.373 e. The molecule has 2 aromatic heterocycles. The minimum atomic E-state index is 0.0257. The van der Waals surface area contributed by atoms with Crippen LogP contribution in [0.3, 0.4) is 0 Å². The maximum atomic E-state index is 6.21. The summed E-state index contributed by atoms with van der Waals surface area (Å²) in [5.74, 6) is 0.692. The zero-order valence-electron chi connectivity index (χ0n) is 14.1. The number of piperidine rings is 1.